The maximum Gasteiger partial charge on any atom is 0.312 e. The number of hydrogen-bond acceptors (Lipinski definition) is 2. The average molecular weight is 160 g/mol. The highest BCUT2D eigenvalue weighted by molar-refractivity contribution is 5.71. The fourth-order valence-electron chi connectivity index (χ4n) is 0.593. The molecule has 2 amide bonds. The number of primary amides is 1. The van der Waals surface area contributed by atoms with Crippen LogP contribution < -0.4 is 11.1 Å². The number of hydrogen-bond donors (Lipinski definition) is 3. The van der Waals surface area contributed by atoms with Crippen molar-refractivity contribution in [3.05, 3.63) is 0 Å². The lowest BCUT2D eigenvalue weighted by atomic mass is 9.89. The standard InChI is InChI=1S/C7H16N2O2/c1-3-7(2,5-10)4-9-6(8)11/h10H,3-5H2,1-2H3,(H3,8,9,11). The van der Waals surface area contributed by atoms with Crippen LogP contribution in [-0.4, -0.2) is 24.3 Å². The third-order valence-corrected chi connectivity index (χ3v) is 1.92. The number of aliphatic hydroxyl groups is 1. The van der Waals surface area contributed by atoms with Crippen molar-refractivity contribution < 1.29 is 9.90 Å². The molecule has 0 spiro atoms. The summed E-state index contributed by atoms with van der Waals surface area (Å²) >= 11 is 0. The first-order valence-electron chi connectivity index (χ1n) is 3.68. The molecule has 4 nitrogen and oxygen atoms in total. The quantitative estimate of drug-likeness (QED) is 0.544. The highest BCUT2D eigenvalue weighted by Gasteiger charge is 2.20. The van der Waals surface area contributed by atoms with Crippen LogP contribution in [0.15, 0.2) is 0 Å². The number of carbonyl (C=O) groups is 1. The molecule has 0 saturated carbocycles. The van der Waals surface area contributed by atoms with Gasteiger partial charge in [-0.2, -0.15) is 0 Å². The summed E-state index contributed by atoms with van der Waals surface area (Å²) in [7, 11) is 0. The van der Waals surface area contributed by atoms with Gasteiger partial charge in [0, 0.05) is 12.0 Å². The van der Waals surface area contributed by atoms with E-state index in [-0.39, 0.29) is 12.0 Å². The van der Waals surface area contributed by atoms with E-state index in [1.54, 1.807) is 0 Å². The van der Waals surface area contributed by atoms with Gasteiger partial charge in [-0.25, -0.2) is 4.79 Å². The molecule has 11 heavy (non-hydrogen) atoms. The molecule has 0 saturated heterocycles. The van der Waals surface area contributed by atoms with Crippen molar-refractivity contribution >= 4 is 6.03 Å². The second-order valence-electron chi connectivity index (χ2n) is 3.04. The summed E-state index contributed by atoms with van der Waals surface area (Å²) in [5.74, 6) is 0. The second-order valence-corrected chi connectivity index (χ2v) is 3.04. The molecule has 0 rings (SSSR count). The molecule has 1 atom stereocenters. The molecule has 0 aromatic rings. The minimum Gasteiger partial charge on any atom is -0.396 e. The van der Waals surface area contributed by atoms with Crippen LogP contribution >= 0.6 is 0 Å². The lowest BCUT2D eigenvalue weighted by molar-refractivity contribution is 0.137. The van der Waals surface area contributed by atoms with Crippen molar-refractivity contribution in [2.24, 2.45) is 11.1 Å². The fraction of sp³-hybridized carbons (Fsp3) is 0.857. The van der Waals surface area contributed by atoms with E-state index in [0.717, 1.165) is 6.42 Å². The number of nitrogens with two attached hydrogens (primary N) is 1. The Morgan fingerprint density at radius 1 is 1.73 bits per heavy atom. The van der Waals surface area contributed by atoms with E-state index in [1.165, 1.54) is 0 Å². The Labute approximate surface area is 66.8 Å². The maximum absolute atomic E-state index is 10.3. The van der Waals surface area contributed by atoms with Crippen LogP contribution in [0.4, 0.5) is 4.79 Å². The van der Waals surface area contributed by atoms with E-state index in [1.807, 2.05) is 13.8 Å². The van der Waals surface area contributed by atoms with Crippen LogP contribution in [0.3, 0.4) is 0 Å². The van der Waals surface area contributed by atoms with E-state index >= 15 is 0 Å². The molecule has 0 radical (unpaired) electrons. The van der Waals surface area contributed by atoms with Crippen LogP contribution in [-0.2, 0) is 0 Å². The summed E-state index contributed by atoms with van der Waals surface area (Å²) in [5, 5.41) is 11.4. The Morgan fingerprint density at radius 3 is 2.55 bits per heavy atom. The van der Waals surface area contributed by atoms with Crippen molar-refractivity contribution in [2.45, 2.75) is 20.3 Å². The average Bonchev–Trinajstić information content (AvgIpc) is 2.00. The van der Waals surface area contributed by atoms with Crippen LogP contribution in [0, 0.1) is 5.41 Å². The van der Waals surface area contributed by atoms with Crippen LogP contribution in [0.2, 0.25) is 0 Å². The van der Waals surface area contributed by atoms with Gasteiger partial charge in [-0.1, -0.05) is 13.8 Å². The Morgan fingerprint density at radius 2 is 2.27 bits per heavy atom. The Balaban J connectivity index is 3.78. The Kier molecular flexibility index (Phi) is 3.89. The smallest absolute Gasteiger partial charge is 0.312 e. The highest BCUT2D eigenvalue weighted by Crippen LogP contribution is 2.17. The number of carbonyl (C=O) groups excluding carboxylic acids is 1. The first-order chi connectivity index (χ1) is 5.04. The molecule has 4 heteroatoms. The number of urea groups is 1. The van der Waals surface area contributed by atoms with Crippen LogP contribution in [0.5, 0.6) is 0 Å². The topological polar surface area (TPSA) is 75.3 Å². The number of amides is 2. The third kappa shape index (κ3) is 3.83. The minimum atomic E-state index is -0.543. The first kappa shape index (κ1) is 10.2. The van der Waals surface area contributed by atoms with Gasteiger partial charge in [-0.15, -0.1) is 0 Å². The normalized spacial score (nSPS) is 15.5. The summed E-state index contributed by atoms with van der Waals surface area (Å²) in [5.41, 5.74) is 4.64. The van der Waals surface area contributed by atoms with Gasteiger partial charge in [0.25, 0.3) is 0 Å². The number of rotatable bonds is 4. The minimum absolute atomic E-state index is 0.0593. The van der Waals surface area contributed by atoms with Crippen molar-refractivity contribution in [1.82, 2.24) is 5.32 Å². The number of aliphatic hydroxyl groups excluding tert-OH is 1. The lowest BCUT2D eigenvalue weighted by Crippen LogP contribution is -2.40. The molecule has 0 aliphatic heterocycles. The maximum atomic E-state index is 10.3. The monoisotopic (exact) mass is 160 g/mol. The highest BCUT2D eigenvalue weighted by atomic mass is 16.3. The van der Waals surface area contributed by atoms with E-state index in [9.17, 15) is 4.79 Å². The molecule has 1 unspecified atom stereocenters. The second kappa shape index (κ2) is 4.18. The van der Waals surface area contributed by atoms with Gasteiger partial charge in [0.1, 0.15) is 0 Å². The molecular formula is C7H16N2O2. The molecule has 0 heterocycles. The van der Waals surface area contributed by atoms with Gasteiger partial charge in [-0.3, -0.25) is 0 Å². The molecular weight excluding hydrogens is 144 g/mol. The van der Waals surface area contributed by atoms with Crippen molar-refractivity contribution in [3.63, 3.8) is 0 Å². The Bertz CT molecular complexity index is 132. The van der Waals surface area contributed by atoms with Crippen molar-refractivity contribution in [2.75, 3.05) is 13.2 Å². The van der Waals surface area contributed by atoms with Crippen molar-refractivity contribution in [1.29, 1.82) is 0 Å². The molecule has 66 valence electrons. The molecule has 0 bridgehead atoms. The van der Waals surface area contributed by atoms with E-state index < -0.39 is 6.03 Å². The molecule has 0 aliphatic rings. The van der Waals surface area contributed by atoms with Crippen LogP contribution in [0.1, 0.15) is 20.3 Å². The fourth-order valence-corrected chi connectivity index (χ4v) is 0.593. The van der Waals surface area contributed by atoms with Gasteiger partial charge >= 0.3 is 6.03 Å². The summed E-state index contributed by atoms with van der Waals surface area (Å²) in [6.07, 6.45) is 0.809. The Hall–Kier alpha value is -0.770. The van der Waals surface area contributed by atoms with Gasteiger partial charge in [0.05, 0.1) is 6.61 Å². The predicted molar refractivity (Wildman–Crippen MR) is 43.1 cm³/mol. The van der Waals surface area contributed by atoms with Gasteiger partial charge in [-0.05, 0) is 6.42 Å². The largest absolute Gasteiger partial charge is 0.396 e. The van der Waals surface area contributed by atoms with Gasteiger partial charge in [0.2, 0.25) is 0 Å². The molecule has 0 fully saturated rings. The first-order valence-corrected chi connectivity index (χ1v) is 3.68. The summed E-state index contributed by atoms with van der Waals surface area (Å²) in [6.45, 7) is 4.33. The van der Waals surface area contributed by atoms with E-state index in [0.29, 0.717) is 6.54 Å². The predicted octanol–water partition coefficient (Wildman–Crippen LogP) is 0.0633. The molecule has 0 aliphatic carbocycles. The summed E-state index contributed by atoms with van der Waals surface area (Å²) in [4.78, 5) is 10.3. The zero-order valence-corrected chi connectivity index (χ0v) is 7.05. The lowest BCUT2D eigenvalue weighted by Gasteiger charge is -2.24. The van der Waals surface area contributed by atoms with E-state index in [4.69, 9.17) is 10.8 Å². The number of nitrogens with one attached hydrogen (secondary N) is 1. The molecule has 0 aromatic heterocycles. The SMILES string of the molecule is CCC(C)(CO)CNC(N)=O. The van der Waals surface area contributed by atoms with Gasteiger partial charge < -0.3 is 16.2 Å². The van der Waals surface area contributed by atoms with Crippen molar-refractivity contribution in [3.8, 4) is 0 Å². The van der Waals surface area contributed by atoms with Crippen LogP contribution in [0.25, 0.3) is 0 Å². The zero-order valence-electron chi connectivity index (χ0n) is 7.05. The molecule has 4 N–H and O–H groups in total. The summed E-state index contributed by atoms with van der Waals surface area (Å²) < 4.78 is 0. The third-order valence-electron chi connectivity index (χ3n) is 1.92. The zero-order chi connectivity index (χ0) is 8.91. The summed E-state index contributed by atoms with van der Waals surface area (Å²) in [6, 6.07) is -0.543. The van der Waals surface area contributed by atoms with Gasteiger partial charge in [0.15, 0.2) is 0 Å². The molecule has 0 aromatic carbocycles. The van der Waals surface area contributed by atoms with E-state index in [2.05, 4.69) is 5.32 Å².